The predicted octanol–water partition coefficient (Wildman–Crippen LogP) is 4.71. The number of urea groups is 1. The van der Waals surface area contributed by atoms with Gasteiger partial charge in [-0.05, 0) is 57.4 Å². The molecule has 1 aliphatic heterocycles. The van der Waals surface area contributed by atoms with Gasteiger partial charge in [0.25, 0.3) is 0 Å². The third kappa shape index (κ3) is 3.90. The number of amides is 2. The topological polar surface area (TPSA) is 54.7 Å². The third-order valence-electron chi connectivity index (χ3n) is 4.70. The van der Waals surface area contributed by atoms with Crippen molar-refractivity contribution in [2.45, 2.75) is 52.3 Å². The Labute approximate surface area is 153 Å². The maximum atomic E-state index is 12.8. The highest BCUT2D eigenvalue weighted by Gasteiger charge is 2.33. The largest absolute Gasteiger partial charge is 0.461 e. The molecule has 2 aromatic heterocycles. The standard InChI is InChI=1S/C19H26N2O3S/c1-12-10-16(14(3)25-12)13(2)20-19(22)21-9-5-6-17(21)18-8-7-15(24-18)11-23-4/h7-8,10,13,17H,5-6,9,11H2,1-4H3,(H,20,22). The molecule has 2 amide bonds. The first-order valence-corrected chi connectivity index (χ1v) is 9.53. The average molecular weight is 362 g/mol. The monoisotopic (exact) mass is 362 g/mol. The summed E-state index contributed by atoms with van der Waals surface area (Å²) in [6.07, 6.45) is 1.92. The zero-order valence-corrected chi connectivity index (χ0v) is 16.1. The summed E-state index contributed by atoms with van der Waals surface area (Å²) in [6, 6.07) is 6.02. The number of rotatable bonds is 5. The van der Waals surface area contributed by atoms with E-state index in [9.17, 15) is 4.79 Å². The Bertz CT molecular complexity index is 737. The molecule has 0 radical (unpaired) electrons. The van der Waals surface area contributed by atoms with Gasteiger partial charge in [-0.2, -0.15) is 0 Å². The average Bonchev–Trinajstić information content (AvgIpc) is 3.26. The second kappa shape index (κ2) is 7.62. The van der Waals surface area contributed by atoms with Crippen LogP contribution in [-0.4, -0.2) is 24.6 Å². The molecule has 1 saturated heterocycles. The van der Waals surface area contributed by atoms with Gasteiger partial charge in [-0.1, -0.05) is 0 Å². The molecule has 2 atom stereocenters. The van der Waals surface area contributed by atoms with E-state index < -0.39 is 0 Å². The van der Waals surface area contributed by atoms with Crippen molar-refractivity contribution in [2.24, 2.45) is 0 Å². The number of ether oxygens (including phenoxy) is 1. The van der Waals surface area contributed by atoms with Crippen molar-refractivity contribution in [3.63, 3.8) is 0 Å². The maximum Gasteiger partial charge on any atom is 0.318 e. The number of aryl methyl sites for hydroxylation is 2. The molecule has 0 aromatic carbocycles. The van der Waals surface area contributed by atoms with Crippen LogP contribution in [0, 0.1) is 13.8 Å². The fourth-order valence-electron chi connectivity index (χ4n) is 3.53. The summed E-state index contributed by atoms with van der Waals surface area (Å²) in [4.78, 5) is 17.2. The molecule has 0 spiro atoms. The van der Waals surface area contributed by atoms with Crippen molar-refractivity contribution in [1.29, 1.82) is 0 Å². The minimum atomic E-state index is -0.0251. The molecule has 0 saturated carbocycles. The first kappa shape index (κ1) is 18.0. The summed E-state index contributed by atoms with van der Waals surface area (Å²) < 4.78 is 11.0. The Morgan fingerprint density at radius 2 is 2.28 bits per heavy atom. The fraction of sp³-hybridized carbons (Fsp3) is 0.526. The van der Waals surface area contributed by atoms with Gasteiger partial charge < -0.3 is 19.4 Å². The van der Waals surface area contributed by atoms with Crippen LogP contribution in [-0.2, 0) is 11.3 Å². The quantitative estimate of drug-likeness (QED) is 0.838. The zero-order valence-electron chi connectivity index (χ0n) is 15.3. The molecule has 2 aromatic rings. The van der Waals surface area contributed by atoms with Crippen LogP contribution in [0.4, 0.5) is 4.79 Å². The zero-order chi connectivity index (χ0) is 18.0. The van der Waals surface area contributed by atoms with Crippen molar-refractivity contribution >= 4 is 17.4 Å². The summed E-state index contributed by atoms with van der Waals surface area (Å²) >= 11 is 1.77. The van der Waals surface area contributed by atoms with Crippen molar-refractivity contribution in [1.82, 2.24) is 10.2 Å². The summed E-state index contributed by atoms with van der Waals surface area (Å²) in [5.74, 6) is 1.64. The molecule has 0 aliphatic carbocycles. The van der Waals surface area contributed by atoms with Crippen LogP contribution in [0.25, 0.3) is 0 Å². The van der Waals surface area contributed by atoms with Gasteiger partial charge in [0.05, 0.1) is 12.1 Å². The lowest BCUT2D eigenvalue weighted by atomic mass is 10.1. The van der Waals surface area contributed by atoms with Crippen molar-refractivity contribution in [3.8, 4) is 0 Å². The normalized spacial score (nSPS) is 18.6. The van der Waals surface area contributed by atoms with Gasteiger partial charge in [0.2, 0.25) is 0 Å². The molecule has 1 aliphatic rings. The number of nitrogens with one attached hydrogen (secondary N) is 1. The van der Waals surface area contributed by atoms with Gasteiger partial charge in [0.1, 0.15) is 18.1 Å². The number of methoxy groups -OCH3 is 1. The lowest BCUT2D eigenvalue weighted by Crippen LogP contribution is -2.40. The lowest BCUT2D eigenvalue weighted by Gasteiger charge is -2.25. The molecule has 5 nitrogen and oxygen atoms in total. The molecule has 25 heavy (non-hydrogen) atoms. The molecule has 1 N–H and O–H groups in total. The molecule has 6 heteroatoms. The highest BCUT2D eigenvalue weighted by molar-refractivity contribution is 7.12. The van der Waals surface area contributed by atoms with E-state index in [1.807, 2.05) is 24.0 Å². The van der Waals surface area contributed by atoms with Crippen LogP contribution in [0.3, 0.4) is 0 Å². The Morgan fingerprint density at radius 3 is 2.96 bits per heavy atom. The number of carbonyl (C=O) groups excluding carboxylic acids is 1. The number of hydrogen-bond donors (Lipinski definition) is 1. The molecule has 2 unspecified atom stereocenters. The van der Waals surface area contributed by atoms with E-state index in [1.54, 1.807) is 18.4 Å². The van der Waals surface area contributed by atoms with Gasteiger partial charge in [-0.25, -0.2) is 4.79 Å². The highest BCUT2D eigenvalue weighted by atomic mass is 32.1. The minimum absolute atomic E-state index is 0.000599. The number of furan rings is 1. The Morgan fingerprint density at radius 1 is 1.48 bits per heavy atom. The Kier molecular flexibility index (Phi) is 5.49. The van der Waals surface area contributed by atoms with Crippen molar-refractivity contribution < 1.29 is 13.9 Å². The second-order valence-corrected chi connectivity index (χ2v) is 8.09. The number of likely N-dealkylation sites (tertiary alicyclic amines) is 1. The van der Waals surface area contributed by atoms with E-state index >= 15 is 0 Å². The van der Waals surface area contributed by atoms with Crippen LogP contribution in [0.2, 0.25) is 0 Å². The molecule has 136 valence electrons. The van der Waals surface area contributed by atoms with E-state index in [0.717, 1.165) is 30.9 Å². The van der Waals surface area contributed by atoms with E-state index in [-0.39, 0.29) is 18.1 Å². The van der Waals surface area contributed by atoms with E-state index in [1.165, 1.54) is 15.3 Å². The van der Waals surface area contributed by atoms with Gasteiger partial charge in [-0.15, -0.1) is 11.3 Å². The van der Waals surface area contributed by atoms with E-state index in [0.29, 0.717) is 6.61 Å². The molecule has 3 rings (SSSR count). The van der Waals surface area contributed by atoms with Gasteiger partial charge in [0.15, 0.2) is 0 Å². The molecule has 0 bridgehead atoms. The first-order chi connectivity index (χ1) is 12.0. The van der Waals surface area contributed by atoms with Gasteiger partial charge >= 0.3 is 6.03 Å². The van der Waals surface area contributed by atoms with Gasteiger partial charge in [-0.3, -0.25) is 0 Å². The predicted molar refractivity (Wildman–Crippen MR) is 98.8 cm³/mol. The van der Waals surface area contributed by atoms with Crippen LogP contribution in [0.15, 0.2) is 22.6 Å². The SMILES string of the molecule is COCc1ccc(C2CCCN2C(=O)NC(C)c2cc(C)sc2C)o1. The van der Waals surface area contributed by atoms with Crippen molar-refractivity contribution in [3.05, 3.63) is 45.0 Å². The van der Waals surface area contributed by atoms with Gasteiger partial charge in [0, 0.05) is 23.4 Å². The minimum Gasteiger partial charge on any atom is -0.461 e. The van der Waals surface area contributed by atoms with Crippen LogP contribution < -0.4 is 5.32 Å². The third-order valence-corrected chi connectivity index (χ3v) is 5.68. The fourth-order valence-corrected chi connectivity index (χ4v) is 4.55. The molecule has 1 fully saturated rings. The molecular weight excluding hydrogens is 336 g/mol. The smallest absolute Gasteiger partial charge is 0.318 e. The molecular formula is C19H26N2O3S. The Balaban J connectivity index is 1.68. The maximum absolute atomic E-state index is 12.8. The number of hydrogen-bond acceptors (Lipinski definition) is 4. The summed E-state index contributed by atoms with van der Waals surface area (Å²) in [6.45, 7) is 7.45. The summed E-state index contributed by atoms with van der Waals surface area (Å²) in [5, 5.41) is 3.15. The molecule has 3 heterocycles. The van der Waals surface area contributed by atoms with E-state index in [4.69, 9.17) is 9.15 Å². The van der Waals surface area contributed by atoms with Crippen LogP contribution in [0.5, 0.6) is 0 Å². The second-order valence-electron chi connectivity index (χ2n) is 6.63. The highest BCUT2D eigenvalue weighted by Crippen LogP contribution is 2.34. The summed E-state index contributed by atoms with van der Waals surface area (Å²) in [5.41, 5.74) is 1.20. The number of thiophene rings is 1. The summed E-state index contributed by atoms with van der Waals surface area (Å²) in [7, 11) is 1.65. The lowest BCUT2D eigenvalue weighted by molar-refractivity contribution is 0.155. The van der Waals surface area contributed by atoms with Crippen LogP contribution >= 0.6 is 11.3 Å². The van der Waals surface area contributed by atoms with Crippen molar-refractivity contribution in [2.75, 3.05) is 13.7 Å². The van der Waals surface area contributed by atoms with E-state index in [2.05, 4.69) is 25.2 Å². The Hall–Kier alpha value is -1.79. The van der Waals surface area contributed by atoms with Crippen LogP contribution in [0.1, 0.15) is 58.7 Å². The number of nitrogens with zero attached hydrogens (tertiary/aromatic N) is 1. The number of carbonyl (C=O) groups is 1. The first-order valence-electron chi connectivity index (χ1n) is 8.71.